The van der Waals surface area contributed by atoms with Crippen LogP contribution in [0.3, 0.4) is 0 Å². The quantitative estimate of drug-likeness (QED) is 0.907. The number of aryl methyl sites for hydroxylation is 1. The van der Waals surface area contributed by atoms with E-state index in [4.69, 9.17) is 5.26 Å². The molecule has 0 unspecified atom stereocenters. The van der Waals surface area contributed by atoms with Crippen LogP contribution in [0.5, 0.6) is 0 Å². The van der Waals surface area contributed by atoms with Gasteiger partial charge in [0.1, 0.15) is 5.69 Å². The van der Waals surface area contributed by atoms with Gasteiger partial charge in [-0.3, -0.25) is 9.78 Å². The molecule has 0 aliphatic carbocycles. The van der Waals surface area contributed by atoms with Gasteiger partial charge in [-0.1, -0.05) is 12.1 Å². The molecule has 1 amide bonds. The van der Waals surface area contributed by atoms with Crippen molar-refractivity contribution < 1.29 is 4.79 Å². The van der Waals surface area contributed by atoms with Crippen LogP contribution in [-0.4, -0.2) is 15.9 Å². The van der Waals surface area contributed by atoms with E-state index in [1.165, 1.54) is 6.20 Å². The summed E-state index contributed by atoms with van der Waals surface area (Å²) in [5, 5.41) is 11.3. The van der Waals surface area contributed by atoms with E-state index in [0.717, 1.165) is 11.3 Å². The summed E-state index contributed by atoms with van der Waals surface area (Å²) in [5.74, 6) is -0.305. The molecule has 1 aromatic heterocycles. The number of nitrogens with zero attached hydrogens (tertiary/aromatic N) is 3. The Morgan fingerprint density at radius 3 is 2.58 bits per heavy atom. The predicted octanol–water partition coefficient (Wildman–Crippen LogP) is 2.10. The lowest BCUT2D eigenvalue weighted by molar-refractivity contribution is 0.102. The molecule has 19 heavy (non-hydrogen) atoms. The zero-order chi connectivity index (χ0) is 13.7. The Bertz CT molecular complexity index is 611. The molecule has 5 heteroatoms. The summed E-state index contributed by atoms with van der Waals surface area (Å²) in [6, 6.07) is 9.19. The molecule has 94 valence electrons. The highest BCUT2D eigenvalue weighted by atomic mass is 16.1. The number of amides is 1. The summed E-state index contributed by atoms with van der Waals surface area (Å²) in [4.78, 5) is 19.9. The molecule has 1 heterocycles. The van der Waals surface area contributed by atoms with E-state index in [2.05, 4.69) is 21.4 Å². The number of benzene rings is 1. The highest BCUT2D eigenvalue weighted by molar-refractivity contribution is 6.02. The van der Waals surface area contributed by atoms with Crippen LogP contribution in [-0.2, 0) is 6.42 Å². The maximum absolute atomic E-state index is 11.9. The summed E-state index contributed by atoms with van der Waals surface area (Å²) >= 11 is 0. The van der Waals surface area contributed by atoms with Crippen molar-refractivity contribution in [2.24, 2.45) is 0 Å². The number of hydrogen-bond donors (Lipinski definition) is 1. The van der Waals surface area contributed by atoms with Crippen molar-refractivity contribution in [3.63, 3.8) is 0 Å². The third-order valence-electron chi connectivity index (χ3n) is 2.51. The largest absolute Gasteiger partial charge is 0.321 e. The predicted molar refractivity (Wildman–Crippen MR) is 70.5 cm³/mol. The topological polar surface area (TPSA) is 78.7 Å². The first-order valence-electron chi connectivity index (χ1n) is 5.75. The van der Waals surface area contributed by atoms with E-state index >= 15 is 0 Å². The van der Waals surface area contributed by atoms with E-state index in [1.807, 2.05) is 6.92 Å². The Morgan fingerprint density at radius 1 is 1.26 bits per heavy atom. The average Bonchev–Trinajstić information content (AvgIpc) is 2.42. The van der Waals surface area contributed by atoms with Crippen LogP contribution in [0, 0.1) is 18.3 Å². The molecule has 0 saturated heterocycles. The number of hydrogen-bond acceptors (Lipinski definition) is 4. The molecule has 5 nitrogen and oxygen atoms in total. The van der Waals surface area contributed by atoms with Crippen molar-refractivity contribution in [1.29, 1.82) is 5.26 Å². The summed E-state index contributed by atoms with van der Waals surface area (Å²) in [5.41, 5.74) is 2.61. The number of carbonyl (C=O) groups is 1. The number of nitriles is 1. The van der Waals surface area contributed by atoms with E-state index in [0.29, 0.717) is 12.1 Å². The van der Waals surface area contributed by atoms with Crippen LogP contribution in [0.25, 0.3) is 0 Å². The van der Waals surface area contributed by atoms with Crippen LogP contribution in [0.15, 0.2) is 36.7 Å². The van der Waals surface area contributed by atoms with E-state index in [1.54, 1.807) is 30.5 Å². The Hall–Kier alpha value is -2.74. The van der Waals surface area contributed by atoms with Gasteiger partial charge in [0.15, 0.2) is 0 Å². The third-order valence-corrected chi connectivity index (χ3v) is 2.51. The van der Waals surface area contributed by atoms with Crippen LogP contribution in [0.1, 0.15) is 21.7 Å². The lowest BCUT2D eigenvalue weighted by Crippen LogP contribution is -2.14. The molecule has 1 N–H and O–H groups in total. The fraction of sp³-hybridized carbons (Fsp3) is 0.143. The first-order valence-corrected chi connectivity index (χ1v) is 5.75. The van der Waals surface area contributed by atoms with E-state index in [9.17, 15) is 4.79 Å². The zero-order valence-corrected chi connectivity index (χ0v) is 10.4. The van der Waals surface area contributed by atoms with E-state index in [-0.39, 0.29) is 11.6 Å². The minimum Gasteiger partial charge on any atom is -0.321 e. The monoisotopic (exact) mass is 252 g/mol. The van der Waals surface area contributed by atoms with Crippen molar-refractivity contribution in [3.8, 4) is 6.07 Å². The fourth-order valence-corrected chi connectivity index (χ4v) is 1.50. The number of nitrogens with one attached hydrogen (secondary N) is 1. The van der Waals surface area contributed by atoms with Crippen molar-refractivity contribution in [3.05, 3.63) is 53.6 Å². The Balaban J connectivity index is 2.06. The lowest BCUT2D eigenvalue weighted by atomic mass is 10.1. The van der Waals surface area contributed by atoms with Crippen LogP contribution in [0.4, 0.5) is 5.69 Å². The second kappa shape index (κ2) is 5.74. The standard InChI is InChI=1S/C14H12N4O/c1-10-8-17-13(9-16-10)14(19)18-12-4-2-11(3-5-12)6-7-15/h2-5,8-9H,6H2,1H3,(H,18,19). The molecule has 0 atom stereocenters. The second-order valence-electron chi connectivity index (χ2n) is 4.03. The highest BCUT2D eigenvalue weighted by Crippen LogP contribution is 2.11. The van der Waals surface area contributed by atoms with E-state index < -0.39 is 0 Å². The van der Waals surface area contributed by atoms with Crippen molar-refractivity contribution in [1.82, 2.24) is 9.97 Å². The lowest BCUT2D eigenvalue weighted by Gasteiger charge is -2.05. The highest BCUT2D eigenvalue weighted by Gasteiger charge is 2.07. The third kappa shape index (κ3) is 3.36. The number of rotatable bonds is 3. The van der Waals surface area contributed by atoms with Crippen LogP contribution in [0.2, 0.25) is 0 Å². The molecule has 0 bridgehead atoms. The molecule has 0 spiro atoms. The van der Waals surface area contributed by atoms with Gasteiger partial charge in [-0.25, -0.2) is 4.98 Å². The van der Waals surface area contributed by atoms with Gasteiger partial charge in [-0.15, -0.1) is 0 Å². The molecular weight excluding hydrogens is 240 g/mol. The first kappa shape index (κ1) is 12.7. The second-order valence-corrected chi connectivity index (χ2v) is 4.03. The van der Waals surface area contributed by atoms with Gasteiger partial charge in [0.05, 0.1) is 24.4 Å². The maximum atomic E-state index is 11.9. The normalized spacial score (nSPS) is 9.68. The summed E-state index contributed by atoms with van der Waals surface area (Å²) < 4.78 is 0. The van der Waals surface area contributed by atoms with Crippen LogP contribution < -0.4 is 5.32 Å². The van der Waals surface area contributed by atoms with Gasteiger partial charge in [0, 0.05) is 11.9 Å². The molecule has 0 aliphatic rings. The SMILES string of the molecule is Cc1cnc(C(=O)Nc2ccc(CC#N)cc2)cn1. The molecule has 2 aromatic rings. The summed E-state index contributed by atoms with van der Waals surface area (Å²) in [7, 11) is 0. The molecule has 0 aliphatic heterocycles. The average molecular weight is 252 g/mol. The Labute approximate surface area is 110 Å². The Kier molecular flexibility index (Phi) is 3.84. The summed E-state index contributed by atoms with van der Waals surface area (Å²) in [6.07, 6.45) is 3.34. The first-order chi connectivity index (χ1) is 9.19. The zero-order valence-electron chi connectivity index (χ0n) is 10.4. The van der Waals surface area contributed by atoms with Gasteiger partial charge in [-0.05, 0) is 24.6 Å². The van der Waals surface area contributed by atoms with Crippen molar-refractivity contribution in [2.45, 2.75) is 13.3 Å². The van der Waals surface area contributed by atoms with Crippen LogP contribution >= 0.6 is 0 Å². The maximum Gasteiger partial charge on any atom is 0.275 e. The smallest absolute Gasteiger partial charge is 0.275 e. The molecule has 1 aromatic carbocycles. The minimum atomic E-state index is -0.305. The minimum absolute atomic E-state index is 0.270. The number of aromatic nitrogens is 2. The number of anilines is 1. The molecule has 0 fully saturated rings. The summed E-state index contributed by atoms with van der Waals surface area (Å²) in [6.45, 7) is 1.81. The van der Waals surface area contributed by atoms with Crippen molar-refractivity contribution >= 4 is 11.6 Å². The fourth-order valence-electron chi connectivity index (χ4n) is 1.50. The van der Waals surface area contributed by atoms with Crippen molar-refractivity contribution in [2.75, 3.05) is 5.32 Å². The number of carbonyl (C=O) groups excluding carboxylic acids is 1. The Morgan fingerprint density at radius 2 is 2.00 bits per heavy atom. The van der Waals surface area contributed by atoms with Gasteiger partial charge < -0.3 is 5.32 Å². The van der Waals surface area contributed by atoms with Gasteiger partial charge in [0.25, 0.3) is 5.91 Å². The molecular formula is C14H12N4O. The van der Waals surface area contributed by atoms with Gasteiger partial charge >= 0.3 is 0 Å². The molecule has 0 saturated carbocycles. The van der Waals surface area contributed by atoms with Gasteiger partial charge in [0.2, 0.25) is 0 Å². The van der Waals surface area contributed by atoms with Gasteiger partial charge in [-0.2, -0.15) is 5.26 Å². The molecule has 0 radical (unpaired) electrons. The molecule has 2 rings (SSSR count).